The molecule has 0 bridgehead atoms. The quantitative estimate of drug-likeness (QED) is 0.606. The summed E-state index contributed by atoms with van der Waals surface area (Å²) in [6.45, 7) is 4.26. The fraction of sp³-hybridized carbons (Fsp3) is 0.400. The first-order valence-electron chi connectivity index (χ1n) is 10.8. The van der Waals surface area contributed by atoms with Gasteiger partial charge in [0.15, 0.2) is 0 Å². The Morgan fingerprint density at radius 1 is 1.37 bits per heavy atom. The molecule has 1 spiro atoms. The lowest BCUT2D eigenvalue weighted by atomic mass is 9.55. The van der Waals surface area contributed by atoms with Crippen molar-refractivity contribution in [2.24, 2.45) is 5.41 Å². The summed E-state index contributed by atoms with van der Waals surface area (Å²) in [4.78, 5) is 15.6. The fourth-order valence-corrected chi connectivity index (χ4v) is 6.66. The number of rotatable bonds is 3. The lowest BCUT2D eigenvalue weighted by molar-refractivity contribution is -0.137. The van der Waals surface area contributed by atoms with Gasteiger partial charge in [0.1, 0.15) is 5.76 Å². The molecule has 30 heavy (non-hydrogen) atoms. The van der Waals surface area contributed by atoms with Crippen LogP contribution in [0, 0.1) is 5.41 Å². The molecule has 6 rings (SSSR count). The highest BCUT2D eigenvalue weighted by Crippen LogP contribution is 2.64. The maximum absolute atomic E-state index is 12.9. The van der Waals surface area contributed by atoms with Crippen LogP contribution < -0.4 is 5.32 Å². The Morgan fingerprint density at radius 3 is 3.03 bits per heavy atom. The summed E-state index contributed by atoms with van der Waals surface area (Å²) >= 11 is 0. The molecular formula is C25H26N2O3. The summed E-state index contributed by atoms with van der Waals surface area (Å²) in [5, 5.41) is 3.66. The van der Waals surface area contributed by atoms with Crippen molar-refractivity contribution < 1.29 is 13.9 Å². The van der Waals surface area contributed by atoms with Crippen LogP contribution in [0.4, 0.5) is 5.69 Å². The number of carbonyl (C=O) groups excluding carboxylic acids is 1. The molecule has 4 aliphatic rings. The number of carbonyl (C=O) groups is 1. The van der Waals surface area contributed by atoms with E-state index in [1.54, 1.807) is 6.26 Å². The third kappa shape index (κ3) is 2.08. The van der Waals surface area contributed by atoms with Gasteiger partial charge >= 0.3 is 5.97 Å². The van der Waals surface area contributed by atoms with E-state index in [0.717, 1.165) is 60.6 Å². The van der Waals surface area contributed by atoms with Crippen LogP contribution in [0.25, 0.3) is 11.3 Å². The van der Waals surface area contributed by atoms with Gasteiger partial charge in [-0.05, 0) is 55.2 Å². The molecule has 0 amide bonds. The Bertz CT molecular complexity index is 1100. The summed E-state index contributed by atoms with van der Waals surface area (Å²) in [6, 6.07) is 10.8. The molecule has 1 aromatic heterocycles. The van der Waals surface area contributed by atoms with E-state index < -0.39 is 0 Å². The number of methoxy groups -OCH3 is 1. The predicted molar refractivity (Wildman–Crippen MR) is 115 cm³/mol. The molecule has 154 valence electrons. The van der Waals surface area contributed by atoms with E-state index >= 15 is 0 Å². The normalized spacial score (nSPS) is 31.2. The third-order valence-corrected chi connectivity index (χ3v) is 7.87. The molecule has 3 aliphatic heterocycles. The maximum Gasteiger partial charge on any atom is 0.335 e. The second kappa shape index (κ2) is 6.11. The number of benzene rings is 1. The number of hydrogen-bond acceptors (Lipinski definition) is 5. The fourth-order valence-electron chi connectivity index (χ4n) is 6.66. The molecule has 2 aromatic rings. The summed E-state index contributed by atoms with van der Waals surface area (Å²) in [7, 11) is 1.49. The van der Waals surface area contributed by atoms with Crippen molar-refractivity contribution in [3.63, 3.8) is 0 Å². The molecule has 1 N–H and O–H groups in total. The molecule has 1 fully saturated rings. The Kier molecular flexibility index (Phi) is 3.67. The largest absolute Gasteiger partial charge is 0.466 e. The van der Waals surface area contributed by atoms with Crippen molar-refractivity contribution in [2.75, 3.05) is 25.5 Å². The molecule has 1 aliphatic carbocycles. The number of anilines is 1. The number of nitrogens with one attached hydrogen (secondary N) is 1. The van der Waals surface area contributed by atoms with E-state index in [4.69, 9.17) is 9.15 Å². The van der Waals surface area contributed by atoms with Crippen LogP contribution in [0.3, 0.4) is 0 Å². The lowest BCUT2D eigenvalue weighted by Crippen LogP contribution is -2.58. The number of furan rings is 1. The van der Waals surface area contributed by atoms with Gasteiger partial charge in [0.25, 0.3) is 0 Å². The molecular weight excluding hydrogens is 376 g/mol. The average molecular weight is 402 g/mol. The molecule has 4 heterocycles. The van der Waals surface area contributed by atoms with Gasteiger partial charge in [-0.3, -0.25) is 4.90 Å². The zero-order chi connectivity index (χ0) is 20.5. The van der Waals surface area contributed by atoms with Crippen molar-refractivity contribution in [3.05, 3.63) is 65.6 Å². The smallest absolute Gasteiger partial charge is 0.335 e. The Morgan fingerprint density at radius 2 is 2.27 bits per heavy atom. The number of hydrogen-bond donors (Lipinski definition) is 1. The Labute approximate surface area is 176 Å². The summed E-state index contributed by atoms with van der Waals surface area (Å²) in [6.07, 6.45) is 9.10. The van der Waals surface area contributed by atoms with Crippen LogP contribution in [-0.2, 0) is 14.9 Å². The van der Waals surface area contributed by atoms with Gasteiger partial charge in [-0.25, -0.2) is 4.79 Å². The van der Waals surface area contributed by atoms with Gasteiger partial charge in [-0.15, -0.1) is 0 Å². The van der Waals surface area contributed by atoms with Crippen LogP contribution in [0.5, 0.6) is 0 Å². The minimum absolute atomic E-state index is 0.0637. The van der Waals surface area contributed by atoms with Gasteiger partial charge in [0, 0.05) is 41.5 Å². The van der Waals surface area contributed by atoms with Crippen molar-refractivity contribution in [1.29, 1.82) is 0 Å². The van der Waals surface area contributed by atoms with E-state index in [9.17, 15) is 4.79 Å². The van der Waals surface area contributed by atoms with Gasteiger partial charge in [-0.1, -0.05) is 19.1 Å². The zero-order valence-electron chi connectivity index (χ0n) is 17.4. The molecule has 1 saturated heterocycles. The molecule has 1 aromatic carbocycles. The van der Waals surface area contributed by atoms with Crippen LogP contribution in [0.15, 0.2) is 64.4 Å². The van der Waals surface area contributed by atoms with Crippen molar-refractivity contribution in [3.8, 4) is 11.3 Å². The number of esters is 1. The van der Waals surface area contributed by atoms with Gasteiger partial charge < -0.3 is 14.5 Å². The van der Waals surface area contributed by atoms with Gasteiger partial charge in [0.05, 0.1) is 24.4 Å². The predicted octanol–water partition coefficient (Wildman–Crippen LogP) is 4.48. The first kappa shape index (κ1) is 18.0. The second-order valence-electron chi connectivity index (χ2n) is 8.99. The summed E-state index contributed by atoms with van der Waals surface area (Å²) in [5.74, 6) is 0.662. The number of nitrogens with zero attached hydrogens (tertiary/aromatic N) is 1. The maximum atomic E-state index is 12.9. The monoisotopic (exact) mass is 402 g/mol. The van der Waals surface area contributed by atoms with E-state index in [2.05, 4.69) is 47.5 Å². The van der Waals surface area contributed by atoms with Crippen LogP contribution in [0.1, 0.15) is 31.7 Å². The molecule has 0 radical (unpaired) electrons. The topological polar surface area (TPSA) is 54.7 Å². The molecule has 0 saturated carbocycles. The molecule has 5 nitrogen and oxygen atoms in total. The van der Waals surface area contributed by atoms with E-state index in [-0.39, 0.29) is 16.8 Å². The Balaban J connectivity index is 1.63. The zero-order valence-corrected chi connectivity index (χ0v) is 17.4. The number of ether oxygens (including phenoxy) is 1. The highest BCUT2D eigenvalue weighted by atomic mass is 16.5. The summed E-state index contributed by atoms with van der Waals surface area (Å²) in [5.41, 5.74) is 5.05. The third-order valence-electron chi connectivity index (χ3n) is 7.87. The SMILES string of the molecule is CC[C@]12C=CCN3CC[C@]4(C(=C(C(=O)OC)C1)Nc1ccc(-c5ccco5)cc14)[C@@H]32. The van der Waals surface area contributed by atoms with Gasteiger partial charge in [0.2, 0.25) is 0 Å². The minimum atomic E-state index is -0.222. The first-order valence-corrected chi connectivity index (χ1v) is 10.8. The van der Waals surface area contributed by atoms with E-state index in [1.165, 1.54) is 12.7 Å². The van der Waals surface area contributed by atoms with Crippen LogP contribution in [-0.4, -0.2) is 37.1 Å². The molecule has 3 atom stereocenters. The van der Waals surface area contributed by atoms with Gasteiger partial charge in [-0.2, -0.15) is 0 Å². The Hall–Kier alpha value is -2.79. The van der Waals surface area contributed by atoms with E-state index in [1.807, 2.05) is 12.1 Å². The summed E-state index contributed by atoms with van der Waals surface area (Å²) < 4.78 is 11.0. The van der Waals surface area contributed by atoms with Crippen molar-refractivity contribution in [1.82, 2.24) is 4.90 Å². The van der Waals surface area contributed by atoms with Crippen LogP contribution >= 0.6 is 0 Å². The highest BCUT2D eigenvalue weighted by molar-refractivity contribution is 5.93. The lowest BCUT2D eigenvalue weighted by Gasteiger charge is -2.53. The number of fused-ring (bicyclic) bond motifs is 1. The van der Waals surface area contributed by atoms with Crippen LogP contribution in [0.2, 0.25) is 0 Å². The second-order valence-corrected chi connectivity index (χ2v) is 8.99. The van der Waals surface area contributed by atoms with Crippen molar-refractivity contribution in [2.45, 2.75) is 37.6 Å². The van der Waals surface area contributed by atoms with E-state index in [0.29, 0.717) is 6.04 Å². The van der Waals surface area contributed by atoms with Crippen molar-refractivity contribution >= 4 is 11.7 Å². The molecule has 5 heteroatoms. The highest BCUT2D eigenvalue weighted by Gasteiger charge is 2.65. The standard InChI is InChI=1S/C25H26N2O3/c1-3-24-9-5-11-27-12-10-25(23(24)27)18-14-16(20-6-4-13-30-20)7-8-19(18)26-21(25)17(15-24)22(28)29-2/h4-9,13-14,23,26H,3,10-12,15H2,1-2H3/t23-,24-,25-/m0/s1. The molecule has 0 unspecified atom stereocenters. The average Bonchev–Trinajstić information content (AvgIpc) is 3.51. The first-order chi connectivity index (χ1) is 14.6. The minimum Gasteiger partial charge on any atom is -0.466 e.